The van der Waals surface area contributed by atoms with Gasteiger partial charge in [0.25, 0.3) is 0 Å². The van der Waals surface area contributed by atoms with Crippen LogP contribution in [-0.4, -0.2) is 28.2 Å². The van der Waals surface area contributed by atoms with Gasteiger partial charge in [0.15, 0.2) is 17.5 Å². The number of rotatable bonds is 6. The molecular weight excluding hydrogens is 335 g/mol. The van der Waals surface area contributed by atoms with Gasteiger partial charge in [0.1, 0.15) is 0 Å². The molecule has 132 valence electrons. The Morgan fingerprint density at radius 1 is 1.08 bits per heavy atom. The Hall–Kier alpha value is -2.90. The van der Waals surface area contributed by atoms with E-state index in [-0.39, 0.29) is 18.9 Å². The first kappa shape index (κ1) is 18.4. The van der Waals surface area contributed by atoms with E-state index in [1.165, 1.54) is 11.8 Å². The molecule has 0 spiro atoms. The highest BCUT2D eigenvalue weighted by Crippen LogP contribution is 2.19. The number of amides is 2. The number of halogens is 3. The first-order valence-corrected chi connectivity index (χ1v) is 7.46. The molecular formula is C17H16F3N3O2. The Morgan fingerprint density at radius 2 is 1.76 bits per heavy atom. The second kappa shape index (κ2) is 8.27. The van der Waals surface area contributed by atoms with Gasteiger partial charge in [-0.15, -0.1) is 0 Å². The number of carbonyl (C=O) groups is 2. The Labute approximate surface area is 142 Å². The fourth-order valence-corrected chi connectivity index (χ4v) is 2.13. The molecule has 2 aromatic rings. The third-order valence-corrected chi connectivity index (χ3v) is 3.49. The summed E-state index contributed by atoms with van der Waals surface area (Å²) >= 11 is 0. The van der Waals surface area contributed by atoms with Crippen LogP contribution in [0.1, 0.15) is 18.9 Å². The summed E-state index contributed by atoms with van der Waals surface area (Å²) < 4.78 is 39.6. The SMILES string of the molecule is CC(=O)N(CCC(=O)Nc1ccc(F)c(F)c1F)Cc1ccncc1. The molecule has 1 aromatic heterocycles. The van der Waals surface area contributed by atoms with E-state index in [2.05, 4.69) is 10.3 Å². The maximum absolute atomic E-state index is 13.5. The molecule has 1 heterocycles. The fraction of sp³-hybridized carbons (Fsp3) is 0.235. The lowest BCUT2D eigenvalue weighted by Gasteiger charge is -2.21. The number of anilines is 1. The highest BCUT2D eigenvalue weighted by atomic mass is 19.2. The van der Waals surface area contributed by atoms with Crippen molar-refractivity contribution in [3.63, 3.8) is 0 Å². The van der Waals surface area contributed by atoms with Crippen molar-refractivity contribution in [1.29, 1.82) is 0 Å². The van der Waals surface area contributed by atoms with Gasteiger partial charge >= 0.3 is 0 Å². The van der Waals surface area contributed by atoms with E-state index >= 15 is 0 Å². The van der Waals surface area contributed by atoms with Gasteiger partial charge in [-0.3, -0.25) is 14.6 Å². The smallest absolute Gasteiger partial charge is 0.226 e. The molecule has 1 aromatic carbocycles. The Bertz CT molecular complexity index is 769. The molecule has 0 aliphatic heterocycles. The Morgan fingerprint density at radius 3 is 2.40 bits per heavy atom. The number of hydrogen-bond donors (Lipinski definition) is 1. The van der Waals surface area contributed by atoms with Crippen LogP contribution >= 0.6 is 0 Å². The maximum Gasteiger partial charge on any atom is 0.226 e. The minimum Gasteiger partial charge on any atom is -0.338 e. The molecule has 8 heteroatoms. The molecule has 1 N–H and O–H groups in total. The van der Waals surface area contributed by atoms with E-state index in [0.717, 1.165) is 17.7 Å². The van der Waals surface area contributed by atoms with Gasteiger partial charge in [-0.05, 0) is 29.8 Å². The molecule has 5 nitrogen and oxygen atoms in total. The van der Waals surface area contributed by atoms with E-state index in [1.54, 1.807) is 24.5 Å². The average molecular weight is 351 g/mol. The van der Waals surface area contributed by atoms with E-state index in [9.17, 15) is 22.8 Å². The van der Waals surface area contributed by atoms with Gasteiger partial charge in [-0.25, -0.2) is 13.2 Å². The van der Waals surface area contributed by atoms with Gasteiger partial charge in [-0.1, -0.05) is 0 Å². The van der Waals surface area contributed by atoms with Crippen LogP contribution in [0.2, 0.25) is 0 Å². The summed E-state index contributed by atoms with van der Waals surface area (Å²) in [6.07, 6.45) is 3.06. The number of nitrogens with one attached hydrogen (secondary N) is 1. The molecule has 0 radical (unpaired) electrons. The third kappa shape index (κ3) is 5.03. The first-order chi connectivity index (χ1) is 11.9. The minimum atomic E-state index is -1.65. The van der Waals surface area contributed by atoms with Crippen LogP contribution in [0.25, 0.3) is 0 Å². The maximum atomic E-state index is 13.5. The molecule has 25 heavy (non-hydrogen) atoms. The zero-order valence-corrected chi connectivity index (χ0v) is 13.4. The van der Waals surface area contributed by atoms with E-state index in [4.69, 9.17) is 0 Å². The van der Waals surface area contributed by atoms with E-state index in [1.807, 2.05) is 0 Å². The number of benzene rings is 1. The van der Waals surface area contributed by atoms with Gasteiger partial charge in [-0.2, -0.15) is 0 Å². The van der Waals surface area contributed by atoms with E-state index < -0.39 is 29.0 Å². The number of carbonyl (C=O) groups excluding carboxylic acids is 2. The molecule has 2 amide bonds. The lowest BCUT2D eigenvalue weighted by atomic mass is 10.2. The monoisotopic (exact) mass is 351 g/mol. The highest BCUT2D eigenvalue weighted by Gasteiger charge is 2.16. The topological polar surface area (TPSA) is 62.3 Å². The van der Waals surface area contributed by atoms with Gasteiger partial charge in [0.2, 0.25) is 11.8 Å². The van der Waals surface area contributed by atoms with Gasteiger partial charge < -0.3 is 10.2 Å². The van der Waals surface area contributed by atoms with Crippen molar-refractivity contribution in [3.8, 4) is 0 Å². The van der Waals surface area contributed by atoms with Crippen molar-refractivity contribution in [2.45, 2.75) is 19.9 Å². The molecule has 0 aliphatic rings. The summed E-state index contributed by atoms with van der Waals surface area (Å²) in [4.78, 5) is 28.9. The van der Waals surface area contributed by atoms with Crippen LogP contribution in [0, 0.1) is 17.5 Å². The Balaban J connectivity index is 1.95. The lowest BCUT2D eigenvalue weighted by Crippen LogP contribution is -2.31. The quantitative estimate of drug-likeness (QED) is 0.814. The van der Waals surface area contributed by atoms with Crippen molar-refractivity contribution in [2.75, 3.05) is 11.9 Å². The van der Waals surface area contributed by atoms with Crippen LogP contribution in [-0.2, 0) is 16.1 Å². The minimum absolute atomic E-state index is 0.0920. The Kier molecular flexibility index (Phi) is 6.10. The van der Waals surface area contributed by atoms with Crippen molar-refractivity contribution >= 4 is 17.5 Å². The molecule has 0 saturated heterocycles. The summed E-state index contributed by atoms with van der Waals surface area (Å²) in [6.45, 7) is 1.76. The van der Waals surface area contributed by atoms with Crippen molar-refractivity contribution in [1.82, 2.24) is 9.88 Å². The second-order valence-corrected chi connectivity index (χ2v) is 5.32. The first-order valence-electron chi connectivity index (χ1n) is 7.46. The predicted octanol–water partition coefficient (Wildman–Crippen LogP) is 2.88. The van der Waals surface area contributed by atoms with Crippen molar-refractivity contribution < 1.29 is 22.8 Å². The molecule has 0 unspecified atom stereocenters. The molecule has 0 bridgehead atoms. The fourth-order valence-electron chi connectivity index (χ4n) is 2.13. The van der Waals surface area contributed by atoms with Crippen LogP contribution in [0.4, 0.5) is 18.9 Å². The number of nitrogens with zero attached hydrogens (tertiary/aromatic N) is 2. The summed E-state index contributed by atoms with van der Waals surface area (Å²) in [7, 11) is 0. The van der Waals surface area contributed by atoms with Crippen LogP contribution in [0.3, 0.4) is 0 Å². The van der Waals surface area contributed by atoms with Crippen LogP contribution in [0.15, 0.2) is 36.7 Å². The van der Waals surface area contributed by atoms with Crippen LogP contribution in [0.5, 0.6) is 0 Å². The summed E-state index contributed by atoms with van der Waals surface area (Å²) in [5, 5.41) is 2.17. The predicted molar refractivity (Wildman–Crippen MR) is 84.9 cm³/mol. The average Bonchev–Trinajstić information content (AvgIpc) is 2.59. The summed E-state index contributed by atoms with van der Waals surface area (Å²) in [5.74, 6) is -5.31. The van der Waals surface area contributed by atoms with Gasteiger partial charge in [0.05, 0.1) is 5.69 Å². The summed E-state index contributed by atoms with van der Waals surface area (Å²) in [6, 6.07) is 5.14. The van der Waals surface area contributed by atoms with Crippen LogP contribution < -0.4 is 5.32 Å². The second-order valence-electron chi connectivity index (χ2n) is 5.32. The molecule has 0 atom stereocenters. The standard InChI is InChI=1S/C17H16F3N3O2/c1-11(24)23(10-12-4-7-21-8-5-12)9-6-15(25)22-14-3-2-13(18)16(19)17(14)20/h2-5,7-8H,6,9-10H2,1H3,(H,22,25). The normalized spacial score (nSPS) is 10.4. The molecule has 0 fully saturated rings. The lowest BCUT2D eigenvalue weighted by molar-refractivity contribution is -0.129. The molecule has 0 saturated carbocycles. The highest BCUT2D eigenvalue weighted by molar-refractivity contribution is 5.91. The third-order valence-electron chi connectivity index (χ3n) is 3.49. The van der Waals surface area contributed by atoms with E-state index in [0.29, 0.717) is 6.54 Å². The van der Waals surface area contributed by atoms with Crippen molar-refractivity contribution in [2.24, 2.45) is 0 Å². The number of aromatic nitrogens is 1. The zero-order valence-electron chi connectivity index (χ0n) is 13.4. The largest absolute Gasteiger partial charge is 0.338 e. The summed E-state index contributed by atoms with van der Waals surface area (Å²) in [5.41, 5.74) is 0.393. The molecule has 2 rings (SSSR count). The molecule has 0 aliphatic carbocycles. The van der Waals surface area contributed by atoms with Crippen molar-refractivity contribution in [3.05, 3.63) is 59.7 Å². The van der Waals surface area contributed by atoms with Gasteiger partial charge in [0, 0.05) is 38.8 Å². The number of hydrogen-bond acceptors (Lipinski definition) is 3. The zero-order chi connectivity index (χ0) is 18.4. The number of pyridine rings is 1.